The van der Waals surface area contributed by atoms with Gasteiger partial charge < -0.3 is 10.5 Å². The number of benzene rings is 1. The van der Waals surface area contributed by atoms with Crippen molar-refractivity contribution in [1.82, 2.24) is 4.98 Å². The van der Waals surface area contributed by atoms with Crippen LogP contribution in [0.3, 0.4) is 0 Å². The van der Waals surface area contributed by atoms with Crippen molar-refractivity contribution >= 4 is 0 Å². The molecule has 98 valence electrons. The van der Waals surface area contributed by atoms with Gasteiger partial charge in [0.1, 0.15) is 11.9 Å². The van der Waals surface area contributed by atoms with Gasteiger partial charge in [-0.25, -0.2) is 4.98 Å². The van der Waals surface area contributed by atoms with Crippen LogP contribution in [0.2, 0.25) is 0 Å². The lowest BCUT2D eigenvalue weighted by molar-refractivity contribution is 0.176. The molecule has 0 radical (unpaired) electrons. The first kappa shape index (κ1) is 12.1. The Hall–Kier alpha value is -1.94. The van der Waals surface area contributed by atoms with Gasteiger partial charge in [-0.3, -0.25) is 0 Å². The maximum atomic E-state index is 13.1. The molecule has 3 nitrogen and oxygen atoms in total. The highest BCUT2D eigenvalue weighted by molar-refractivity contribution is 5.35. The Labute approximate surface area is 111 Å². The van der Waals surface area contributed by atoms with E-state index >= 15 is 0 Å². The van der Waals surface area contributed by atoms with Crippen molar-refractivity contribution in [2.24, 2.45) is 5.73 Å². The van der Waals surface area contributed by atoms with Gasteiger partial charge in [0.05, 0.1) is 0 Å². The molecule has 0 saturated heterocycles. The number of fused-ring (bicyclic) bond motifs is 1. The van der Waals surface area contributed by atoms with Crippen molar-refractivity contribution in [3.05, 3.63) is 59.7 Å². The van der Waals surface area contributed by atoms with Gasteiger partial charge in [0.25, 0.3) is 0 Å². The summed E-state index contributed by atoms with van der Waals surface area (Å²) in [6.45, 7) is 0. The number of ether oxygens (including phenoxy) is 1. The maximum absolute atomic E-state index is 13.1. The third-order valence-corrected chi connectivity index (χ3v) is 3.46. The van der Waals surface area contributed by atoms with E-state index in [1.54, 1.807) is 6.07 Å². The van der Waals surface area contributed by atoms with Crippen molar-refractivity contribution in [2.45, 2.75) is 25.0 Å². The Bertz CT molecular complexity index is 588. The zero-order valence-corrected chi connectivity index (χ0v) is 10.4. The molecule has 0 bridgehead atoms. The second kappa shape index (κ2) is 4.97. The summed E-state index contributed by atoms with van der Waals surface area (Å²) in [7, 11) is 0. The van der Waals surface area contributed by atoms with Crippen molar-refractivity contribution in [2.75, 3.05) is 0 Å². The summed E-state index contributed by atoms with van der Waals surface area (Å²) < 4.78 is 18.9. The number of aromatic nitrogens is 1. The van der Waals surface area contributed by atoms with Crippen LogP contribution in [0.1, 0.15) is 36.1 Å². The molecule has 1 aromatic carbocycles. The summed E-state index contributed by atoms with van der Waals surface area (Å²) >= 11 is 0. The summed E-state index contributed by atoms with van der Waals surface area (Å²) in [6.07, 6.45) is 3.04. The molecule has 0 saturated carbocycles. The average Bonchev–Trinajstić information content (AvgIpc) is 2.42. The highest BCUT2D eigenvalue weighted by Gasteiger charge is 2.26. The molecule has 1 aromatic heterocycles. The molecule has 1 heterocycles. The van der Waals surface area contributed by atoms with E-state index in [-0.39, 0.29) is 12.1 Å². The van der Waals surface area contributed by atoms with E-state index in [1.165, 1.54) is 12.3 Å². The SMILES string of the molecule is N[C@H]1CC[C@@H](Oc2ccnc(F)c2)c2ccccc21. The normalized spacial score (nSPS) is 21.8. The number of hydrogen-bond acceptors (Lipinski definition) is 3. The number of rotatable bonds is 2. The van der Waals surface area contributed by atoms with Crippen LogP contribution in [-0.4, -0.2) is 4.98 Å². The summed E-state index contributed by atoms with van der Waals surface area (Å²) in [5, 5.41) is 0. The van der Waals surface area contributed by atoms with Gasteiger partial charge >= 0.3 is 0 Å². The Balaban J connectivity index is 1.89. The number of nitrogens with zero attached hydrogens (tertiary/aromatic N) is 1. The topological polar surface area (TPSA) is 48.1 Å². The zero-order chi connectivity index (χ0) is 13.2. The molecule has 0 unspecified atom stereocenters. The zero-order valence-electron chi connectivity index (χ0n) is 10.4. The quantitative estimate of drug-likeness (QED) is 0.842. The molecule has 0 spiro atoms. The van der Waals surface area contributed by atoms with E-state index in [0.717, 1.165) is 24.0 Å². The van der Waals surface area contributed by atoms with Gasteiger partial charge in [-0.2, -0.15) is 4.39 Å². The summed E-state index contributed by atoms with van der Waals surface area (Å²) in [4.78, 5) is 3.52. The van der Waals surface area contributed by atoms with Crippen LogP contribution < -0.4 is 10.5 Å². The van der Waals surface area contributed by atoms with Crippen LogP contribution in [0.4, 0.5) is 4.39 Å². The van der Waals surface area contributed by atoms with E-state index in [1.807, 2.05) is 24.3 Å². The number of pyridine rings is 1. The van der Waals surface area contributed by atoms with Gasteiger partial charge in [0.2, 0.25) is 5.95 Å². The lowest BCUT2D eigenvalue weighted by atomic mass is 9.86. The van der Waals surface area contributed by atoms with Crippen molar-refractivity contribution in [1.29, 1.82) is 0 Å². The van der Waals surface area contributed by atoms with Crippen LogP contribution in [0.15, 0.2) is 42.6 Å². The molecule has 0 aliphatic heterocycles. The Morgan fingerprint density at radius 3 is 2.74 bits per heavy atom. The van der Waals surface area contributed by atoms with Gasteiger partial charge in [-0.05, 0) is 30.0 Å². The molecule has 19 heavy (non-hydrogen) atoms. The largest absolute Gasteiger partial charge is 0.486 e. The highest BCUT2D eigenvalue weighted by atomic mass is 19.1. The molecule has 0 fully saturated rings. The standard InChI is InChI=1S/C15H15FN2O/c16-15-9-10(7-8-18-15)19-14-6-5-13(17)11-3-1-2-4-12(11)14/h1-4,7-9,13-14H,5-6,17H2/t13-,14+/m0/s1. The Kier molecular flexibility index (Phi) is 3.17. The third-order valence-electron chi connectivity index (χ3n) is 3.46. The predicted octanol–water partition coefficient (Wildman–Crippen LogP) is 3.13. The monoisotopic (exact) mass is 258 g/mol. The van der Waals surface area contributed by atoms with Crippen LogP contribution in [-0.2, 0) is 0 Å². The van der Waals surface area contributed by atoms with E-state index in [2.05, 4.69) is 4.98 Å². The van der Waals surface area contributed by atoms with Gasteiger partial charge in [-0.15, -0.1) is 0 Å². The molecule has 2 atom stereocenters. The molecule has 1 aliphatic carbocycles. The molecule has 2 aromatic rings. The molecule has 3 rings (SSSR count). The van der Waals surface area contributed by atoms with E-state index < -0.39 is 5.95 Å². The van der Waals surface area contributed by atoms with Crippen molar-refractivity contribution in [3.63, 3.8) is 0 Å². The summed E-state index contributed by atoms with van der Waals surface area (Å²) in [6, 6.07) is 11.0. The molecule has 2 N–H and O–H groups in total. The van der Waals surface area contributed by atoms with Crippen molar-refractivity contribution in [3.8, 4) is 5.75 Å². The lowest BCUT2D eigenvalue weighted by Gasteiger charge is -2.29. The molecule has 1 aliphatic rings. The fraction of sp³-hybridized carbons (Fsp3) is 0.267. The smallest absolute Gasteiger partial charge is 0.216 e. The van der Waals surface area contributed by atoms with Crippen LogP contribution >= 0.6 is 0 Å². The molecular weight excluding hydrogens is 243 g/mol. The number of halogens is 1. The first-order valence-electron chi connectivity index (χ1n) is 6.36. The van der Waals surface area contributed by atoms with Crippen molar-refractivity contribution < 1.29 is 9.13 Å². The molecular formula is C15H15FN2O. The Morgan fingerprint density at radius 2 is 1.95 bits per heavy atom. The van der Waals surface area contributed by atoms with Crippen LogP contribution in [0.5, 0.6) is 5.75 Å². The first-order valence-corrected chi connectivity index (χ1v) is 6.36. The lowest BCUT2D eigenvalue weighted by Crippen LogP contribution is -2.23. The van der Waals surface area contributed by atoms with Gasteiger partial charge in [0, 0.05) is 18.3 Å². The summed E-state index contributed by atoms with van der Waals surface area (Å²) in [5.41, 5.74) is 8.32. The molecule has 0 amide bonds. The fourth-order valence-electron chi connectivity index (χ4n) is 2.53. The van der Waals surface area contributed by atoms with Crippen LogP contribution in [0, 0.1) is 5.95 Å². The number of hydrogen-bond donors (Lipinski definition) is 1. The van der Waals surface area contributed by atoms with E-state index in [9.17, 15) is 4.39 Å². The van der Waals surface area contributed by atoms with Gasteiger partial charge in [-0.1, -0.05) is 24.3 Å². The van der Waals surface area contributed by atoms with Crippen LogP contribution in [0.25, 0.3) is 0 Å². The molecule has 4 heteroatoms. The second-order valence-electron chi connectivity index (χ2n) is 4.73. The third kappa shape index (κ3) is 2.44. The first-order chi connectivity index (χ1) is 9.24. The van der Waals surface area contributed by atoms with Gasteiger partial charge in [0.15, 0.2) is 0 Å². The predicted molar refractivity (Wildman–Crippen MR) is 70.2 cm³/mol. The van der Waals surface area contributed by atoms with E-state index in [4.69, 9.17) is 10.5 Å². The maximum Gasteiger partial charge on any atom is 0.216 e. The summed E-state index contributed by atoms with van der Waals surface area (Å²) in [5.74, 6) is -0.0268. The fourth-order valence-corrected chi connectivity index (χ4v) is 2.53. The highest BCUT2D eigenvalue weighted by Crippen LogP contribution is 2.37. The minimum absolute atomic E-state index is 0.0604. The number of nitrogens with two attached hydrogens (primary N) is 1. The Morgan fingerprint density at radius 1 is 1.16 bits per heavy atom. The van der Waals surface area contributed by atoms with E-state index in [0.29, 0.717) is 5.75 Å². The second-order valence-corrected chi connectivity index (χ2v) is 4.73. The average molecular weight is 258 g/mol. The minimum Gasteiger partial charge on any atom is -0.486 e. The minimum atomic E-state index is -0.529.